The molecule has 1 amide bonds. The molecule has 0 aliphatic heterocycles. The van der Waals surface area contributed by atoms with Crippen molar-refractivity contribution in [2.45, 2.75) is 19.8 Å². The highest BCUT2D eigenvalue weighted by molar-refractivity contribution is 5.77. The molecule has 0 aliphatic carbocycles. The van der Waals surface area contributed by atoms with Gasteiger partial charge in [-0.2, -0.15) is 0 Å². The molecule has 0 saturated carbocycles. The molecule has 0 saturated heterocycles. The first kappa shape index (κ1) is 14.5. The number of nitrogens with one attached hydrogen (secondary N) is 1. The van der Waals surface area contributed by atoms with Crippen LogP contribution in [0.5, 0.6) is 0 Å². The largest absolute Gasteiger partial charge is 0.441 e. The maximum Gasteiger partial charge on any atom is 0.220 e. The minimum absolute atomic E-state index is 0.0864. The smallest absolute Gasteiger partial charge is 0.220 e. The summed E-state index contributed by atoms with van der Waals surface area (Å²) < 4.78 is 5.43. The van der Waals surface area contributed by atoms with Crippen LogP contribution in [0, 0.1) is 6.92 Å². The second kappa shape index (κ2) is 6.52. The standard InChI is InChI=1S/C15H21N3O2/c1-11-17-13-10-12(4-6-14(13)20-11)5-7-15(19)16-8-9-18(2)3/h4,6,10H,5,7-9H2,1-3H3,(H,16,19). The lowest BCUT2D eigenvalue weighted by Gasteiger charge is -2.10. The number of carbonyl (C=O) groups excluding carboxylic acids is 1. The van der Waals surface area contributed by atoms with Crippen molar-refractivity contribution < 1.29 is 9.21 Å². The van der Waals surface area contributed by atoms with Crippen molar-refractivity contribution >= 4 is 17.0 Å². The fraction of sp³-hybridized carbons (Fsp3) is 0.467. The Morgan fingerprint density at radius 3 is 2.95 bits per heavy atom. The molecule has 1 N–H and O–H groups in total. The summed E-state index contributed by atoms with van der Waals surface area (Å²) in [5, 5.41) is 2.91. The molecule has 0 radical (unpaired) electrons. The highest BCUT2D eigenvalue weighted by Crippen LogP contribution is 2.17. The summed E-state index contributed by atoms with van der Waals surface area (Å²) in [5.41, 5.74) is 2.75. The van der Waals surface area contributed by atoms with Crippen molar-refractivity contribution in [3.05, 3.63) is 29.7 Å². The Balaban J connectivity index is 1.84. The Morgan fingerprint density at radius 1 is 1.40 bits per heavy atom. The van der Waals surface area contributed by atoms with Gasteiger partial charge in [0.1, 0.15) is 5.52 Å². The molecular weight excluding hydrogens is 254 g/mol. The van der Waals surface area contributed by atoms with Gasteiger partial charge in [0.2, 0.25) is 5.91 Å². The minimum atomic E-state index is 0.0864. The molecule has 1 aromatic heterocycles. The lowest BCUT2D eigenvalue weighted by atomic mass is 10.1. The number of amides is 1. The van der Waals surface area contributed by atoms with Crippen LogP contribution in [0.2, 0.25) is 0 Å². The number of aromatic nitrogens is 1. The SMILES string of the molecule is Cc1nc2cc(CCC(=O)NCCN(C)C)ccc2o1. The molecule has 1 heterocycles. The van der Waals surface area contributed by atoms with Gasteiger partial charge in [-0.3, -0.25) is 4.79 Å². The predicted molar refractivity (Wildman–Crippen MR) is 78.6 cm³/mol. The molecule has 5 nitrogen and oxygen atoms in total. The van der Waals surface area contributed by atoms with Crippen LogP contribution in [0.4, 0.5) is 0 Å². The number of fused-ring (bicyclic) bond motifs is 1. The Labute approximate surface area is 119 Å². The highest BCUT2D eigenvalue weighted by atomic mass is 16.3. The average molecular weight is 275 g/mol. The summed E-state index contributed by atoms with van der Waals surface area (Å²) in [7, 11) is 3.97. The Hall–Kier alpha value is -1.88. The van der Waals surface area contributed by atoms with Crippen molar-refractivity contribution in [1.29, 1.82) is 0 Å². The Bertz CT molecular complexity index is 590. The van der Waals surface area contributed by atoms with Crippen molar-refractivity contribution in [3.63, 3.8) is 0 Å². The van der Waals surface area contributed by atoms with Gasteiger partial charge < -0.3 is 14.6 Å². The molecule has 2 aromatic rings. The molecule has 2 rings (SSSR count). The Morgan fingerprint density at radius 2 is 2.20 bits per heavy atom. The van der Waals surface area contributed by atoms with Gasteiger partial charge in [0.25, 0.3) is 0 Å². The van der Waals surface area contributed by atoms with Gasteiger partial charge in [0, 0.05) is 26.4 Å². The van der Waals surface area contributed by atoms with Gasteiger partial charge in [-0.25, -0.2) is 4.98 Å². The quantitative estimate of drug-likeness (QED) is 0.872. The lowest BCUT2D eigenvalue weighted by molar-refractivity contribution is -0.121. The molecule has 108 valence electrons. The monoisotopic (exact) mass is 275 g/mol. The van der Waals surface area contributed by atoms with E-state index in [0.29, 0.717) is 18.9 Å². The molecule has 0 fully saturated rings. The van der Waals surface area contributed by atoms with Crippen LogP contribution in [0.25, 0.3) is 11.1 Å². The van der Waals surface area contributed by atoms with Crippen molar-refractivity contribution in [2.24, 2.45) is 0 Å². The van der Waals surface area contributed by atoms with Crippen LogP contribution in [0.1, 0.15) is 17.9 Å². The lowest BCUT2D eigenvalue weighted by Crippen LogP contribution is -2.31. The van der Waals surface area contributed by atoms with Crippen LogP contribution < -0.4 is 5.32 Å². The van der Waals surface area contributed by atoms with E-state index in [1.54, 1.807) is 0 Å². The third-order valence-corrected chi connectivity index (χ3v) is 3.08. The molecule has 0 spiro atoms. The summed E-state index contributed by atoms with van der Waals surface area (Å²) in [5.74, 6) is 0.752. The van der Waals surface area contributed by atoms with Crippen LogP contribution in [-0.2, 0) is 11.2 Å². The molecule has 20 heavy (non-hydrogen) atoms. The zero-order valence-electron chi connectivity index (χ0n) is 12.3. The predicted octanol–water partition coefficient (Wildman–Crippen LogP) is 1.75. The van der Waals surface area contributed by atoms with Gasteiger partial charge in [0.05, 0.1) is 0 Å². The van der Waals surface area contributed by atoms with Crippen LogP contribution in [0.3, 0.4) is 0 Å². The first-order chi connectivity index (χ1) is 9.54. The maximum atomic E-state index is 11.7. The van der Waals surface area contributed by atoms with E-state index in [0.717, 1.165) is 29.6 Å². The summed E-state index contributed by atoms with van der Waals surface area (Å²) >= 11 is 0. The van der Waals surface area contributed by atoms with Crippen molar-refractivity contribution in [1.82, 2.24) is 15.2 Å². The number of aryl methyl sites for hydroxylation is 2. The first-order valence-electron chi connectivity index (χ1n) is 6.82. The third kappa shape index (κ3) is 4.06. The fourth-order valence-corrected chi connectivity index (χ4v) is 2.01. The van der Waals surface area contributed by atoms with Gasteiger partial charge in [-0.15, -0.1) is 0 Å². The third-order valence-electron chi connectivity index (χ3n) is 3.08. The summed E-state index contributed by atoms with van der Waals surface area (Å²) in [6.07, 6.45) is 1.21. The van der Waals surface area contributed by atoms with E-state index in [4.69, 9.17) is 4.42 Å². The first-order valence-corrected chi connectivity index (χ1v) is 6.82. The molecule has 0 bridgehead atoms. The molecule has 0 atom stereocenters. The zero-order valence-corrected chi connectivity index (χ0v) is 12.3. The highest BCUT2D eigenvalue weighted by Gasteiger charge is 2.05. The van der Waals surface area contributed by atoms with Gasteiger partial charge >= 0.3 is 0 Å². The van der Waals surface area contributed by atoms with E-state index in [-0.39, 0.29) is 5.91 Å². The van der Waals surface area contributed by atoms with E-state index >= 15 is 0 Å². The van der Waals surface area contributed by atoms with Gasteiger partial charge in [-0.1, -0.05) is 6.07 Å². The van der Waals surface area contributed by atoms with Crippen LogP contribution in [-0.4, -0.2) is 43.0 Å². The molecule has 1 aromatic carbocycles. The maximum absolute atomic E-state index is 11.7. The fourth-order valence-electron chi connectivity index (χ4n) is 2.01. The van der Waals surface area contributed by atoms with E-state index < -0.39 is 0 Å². The van der Waals surface area contributed by atoms with E-state index in [1.807, 2.05) is 44.1 Å². The number of likely N-dealkylation sites (N-methyl/N-ethyl adjacent to an activating group) is 1. The van der Waals surface area contributed by atoms with E-state index in [2.05, 4.69) is 10.3 Å². The van der Waals surface area contributed by atoms with Crippen LogP contribution in [0.15, 0.2) is 22.6 Å². The zero-order chi connectivity index (χ0) is 14.5. The van der Waals surface area contributed by atoms with E-state index in [1.165, 1.54) is 0 Å². The Kier molecular flexibility index (Phi) is 4.74. The summed E-state index contributed by atoms with van der Waals surface area (Å²) in [4.78, 5) is 18.0. The minimum Gasteiger partial charge on any atom is -0.441 e. The number of carbonyl (C=O) groups is 1. The topological polar surface area (TPSA) is 58.4 Å². The number of hydrogen-bond acceptors (Lipinski definition) is 4. The summed E-state index contributed by atoms with van der Waals surface area (Å²) in [6, 6.07) is 5.88. The van der Waals surface area contributed by atoms with Gasteiger partial charge in [-0.05, 0) is 38.2 Å². The second-order valence-electron chi connectivity index (χ2n) is 5.19. The average Bonchev–Trinajstić information content (AvgIpc) is 2.75. The number of benzene rings is 1. The number of hydrogen-bond donors (Lipinski definition) is 1. The molecule has 0 unspecified atom stereocenters. The van der Waals surface area contributed by atoms with Crippen molar-refractivity contribution in [2.75, 3.05) is 27.2 Å². The van der Waals surface area contributed by atoms with Crippen LogP contribution >= 0.6 is 0 Å². The number of oxazole rings is 1. The van der Waals surface area contributed by atoms with E-state index in [9.17, 15) is 4.79 Å². The molecular formula is C15H21N3O2. The van der Waals surface area contributed by atoms with Crippen molar-refractivity contribution in [3.8, 4) is 0 Å². The summed E-state index contributed by atoms with van der Waals surface area (Å²) in [6.45, 7) is 3.38. The normalized spacial score (nSPS) is 11.2. The second-order valence-corrected chi connectivity index (χ2v) is 5.19. The molecule has 0 aliphatic rings. The number of nitrogens with zero attached hydrogens (tertiary/aromatic N) is 2. The van der Waals surface area contributed by atoms with Gasteiger partial charge in [0.15, 0.2) is 11.5 Å². The molecule has 5 heteroatoms. The number of rotatable bonds is 6.